The number of ketones is 1. The molecule has 0 radical (unpaired) electrons. The molecule has 1 aromatic heterocycles. The van der Waals surface area contributed by atoms with E-state index >= 15 is 0 Å². The molecule has 6 heteroatoms. The van der Waals surface area contributed by atoms with Crippen LogP contribution in [0.1, 0.15) is 16.1 Å². The van der Waals surface area contributed by atoms with Crippen molar-refractivity contribution < 1.29 is 24.2 Å². The average molecular weight is 224 g/mol. The average Bonchev–Trinajstić information content (AvgIpc) is 2.12. The second kappa shape index (κ2) is 4.43. The summed E-state index contributed by atoms with van der Waals surface area (Å²) in [4.78, 5) is 32.7. The van der Waals surface area contributed by atoms with Gasteiger partial charge in [0.15, 0.2) is 5.78 Å². The van der Waals surface area contributed by atoms with Crippen molar-refractivity contribution in [2.75, 3.05) is 0 Å². The van der Waals surface area contributed by atoms with Gasteiger partial charge in [-0.1, -0.05) is 0 Å². The molecule has 0 aliphatic heterocycles. The molecule has 0 unspecified atom stereocenters. The summed E-state index contributed by atoms with van der Waals surface area (Å²) in [6, 6.07) is 1.10. The summed E-state index contributed by atoms with van der Waals surface area (Å²) < 4.78 is 4.60. The second-order valence-corrected chi connectivity index (χ2v) is 2.94. The summed E-state index contributed by atoms with van der Waals surface area (Å²) in [6.45, 7) is 1.43. The largest absolute Gasteiger partial charge is 0.507 e. The van der Waals surface area contributed by atoms with E-state index in [1.807, 2.05) is 0 Å². The molecule has 0 atom stereocenters. The Hall–Kier alpha value is -2.37. The van der Waals surface area contributed by atoms with E-state index in [-0.39, 0.29) is 5.76 Å². The van der Waals surface area contributed by atoms with Crippen molar-refractivity contribution in [3.05, 3.63) is 40.0 Å². The molecular formula is C10H8O6. The van der Waals surface area contributed by atoms with Gasteiger partial charge >= 0.3 is 11.6 Å². The number of aromatic hydroxyl groups is 1. The third-order valence-corrected chi connectivity index (χ3v) is 1.68. The minimum absolute atomic E-state index is 0.154. The number of hydrogen-bond donors (Lipinski definition) is 2. The van der Waals surface area contributed by atoms with E-state index in [1.54, 1.807) is 0 Å². The van der Waals surface area contributed by atoms with Crippen molar-refractivity contribution >= 4 is 11.8 Å². The number of allylic oxidation sites excluding steroid dienone is 1. The topological polar surface area (TPSA) is 105 Å². The van der Waals surface area contributed by atoms with Crippen LogP contribution >= 0.6 is 0 Å². The molecule has 0 bridgehead atoms. The van der Waals surface area contributed by atoms with Crippen LogP contribution in [0.25, 0.3) is 0 Å². The number of carbonyl (C=O) groups excluding carboxylic acids is 1. The minimum Gasteiger partial charge on any atom is -0.507 e. The van der Waals surface area contributed by atoms with Gasteiger partial charge in [0.05, 0.1) is 0 Å². The molecule has 84 valence electrons. The zero-order valence-corrected chi connectivity index (χ0v) is 8.26. The molecule has 6 nitrogen and oxygen atoms in total. The summed E-state index contributed by atoms with van der Waals surface area (Å²) in [7, 11) is 0. The number of carboxylic acids is 1. The number of rotatable bonds is 3. The highest BCUT2D eigenvalue weighted by Gasteiger charge is 2.15. The van der Waals surface area contributed by atoms with Gasteiger partial charge in [-0.2, -0.15) is 0 Å². The van der Waals surface area contributed by atoms with Crippen molar-refractivity contribution in [1.29, 1.82) is 0 Å². The molecule has 0 aromatic carbocycles. The fraction of sp³-hybridized carbons (Fsp3) is 0.100. The van der Waals surface area contributed by atoms with Crippen LogP contribution in [0.3, 0.4) is 0 Å². The maximum Gasteiger partial charge on any atom is 0.351 e. The Labute approximate surface area is 89.4 Å². The molecule has 0 saturated carbocycles. The van der Waals surface area contributed by atoms with Crippen LogP contribution in [0.5, 0.6) is 5.75 Å². The van der Waals surface area contributed by atoms with Crippen molar-refractivity contribution in [1.82, 2.24) is 0 Å². The monoisotopic (exact) mass is 224 g/mol. The van der Waals surface area contributed by atoms with Gasteiger partial charge in [-0.3, -0.25) is 4.79 Å². The lowest BCUT2D eigenvalue weighted by Crippen LogP contribution is -2.13. The van der Waals surface area contributed by atoms with E-state index in [0.29, 0.717) is 12.2 Å². The number of aliphatic carboxylic acids is 1. The second-order valence-electron chi connectivity index (χ2n) is 2.94. The van der Waals surface area contributed by atoms with Crippen LogP contribution in [0.4, 0.5) is 0 Å². The van der Waals surface area contributed by atoms with Crippen LogP contribution in [-0.2, 0) is 4.79 Å². The van der Waals surface area contributed by atoms with Gasteiger partial charge in [0.1, 0.15) is 17.1 Å². The molecule has 0 saturated heterocycles. The van der Waals surface area contributed by atoms with Crippen molar-refractivity contribution in [2.24, 2.45) is 0 Å². The zero-order chi connectivity index (χ0) is 12.3. The lowest BCUT2D eigenvalue weighted by Gasteiger charge is -1.99. The van der Waals surface area contributed by atoms with E-state index < -0.39 is 28.7 Å². The fourth-order valence-electron chi connectivity index (χ4n) is 1.05. The Morgan fingerprint density at radius 3 is 2.50 bits per heavy atom. The number of carbonyl (C=O) groups is 2. The maximum absolute atomic E-state index is 11.3. The first-order valence-electron chi connectivity index (χ1n) is 4.21. The summed E-state index contributed by atoms with van der Waals surface area (Å²) in [5, 5.41) is 17.6. The molecular weight excluding hydrogens is 216 g/mol. The number of aryl methyl sites for hydroxylation is 1. The van der Waals surface area contributed by atoms with Crippen LogP contribution in [0, 0.1) is 6.92 Å². The third kappa shape index (κ3) is 2.57. The molecule has 0 fully saturated rings. The van der Waals surface area contributed by atoms with E-state index in [1.165, 1.54) is 6.92 Å². The van der Waals surface area contributed by atoms with Gasteiger partial charge in [0, 0.05) is 12.1 Å². The first kappa shape index (κ1) is 11.7. The molecule has 1 rings (SSSR count). The zero-order valence-electron chi connectivity index (χ0n) is 8.26. The van der Waals surface area contributed by atoms with Gasteiger partial charge in [0.2, 0.25) is 0 Å². The van der Waals surface area contributed by atoms with E-state index in [9.17, 15) is 19.5 Å². The van der Waals surface area contributed by atoms with Crippen molar-refractivity contribution in [2.45, 2.75) is 6.92 Å². The highest BCUT2D eigenvalue weighted by Crippen LogP contribution is 2.15. The molecule has 16 heavy (non-hydrogen) atoms. The van der Waals surface area contributed by atoms with Crippen LogP contribution in [0.2, 0.25) is 0 Å². The number of carboxylic acid groups (broad SMARTS) is 1. The Bertz CT molecular complexity index is 523. The highest BCUT2D eigenvalue weighted by atomic mass is 16.4. The Morgan fingerprint density at radius 2 is 2.00 bits per heavy atom. The van der Waals surface area contributed by atoms with Crippen LogP contribution in [-0.4, -0.2) is 22.0 Å². The normalized spacial score (nSPS) is 10.6. The number of hydrogen-bond acceptors (Lipinski definition) is 5. The standard InChI is InChI=1S/C10H8O6/c1-5-4-7(12)9(10(15)16-5)6(11)2-3-8(13)14/h2-4,12H,1H3,(H,13,14)/b3-2+. The van der Waals surface area contributed by atoms with Gasteiger partial charge in [-0.05, 0) is 13.0 Å². The van der Waals surface area contributed by atoms with Gasteiger partial charge < -0.3 is 14.6 Å². The molecule has 0 spiro atoms. The Balaban J connectivity index is 3.20. The van der Waals surface area contributed by atoms with Crippen molar-refractivity contribution in [3.8, 4) is 5.75 Å². The molecule has 2 N–H and O–H groups in total. The SMILES string of the molecule is Cc1cc(O)c(C(=O)/C=C/C(=O)O)c(=O)o1. The molecule has 1 heterocycles. The van der Waals surface area contributed by atoms with Crippen LogP contribution < -0.4 is 5.63 Å². The van der Waals surface area contributed by atoms with Gasteiger partial charge in [0.25, 0.3) is 0 Å². The summed E-state index contributed by atoms with van der Waals surface area (Å²) in [5.74, 6) is -2.63. The Morgan fingerprint density at radius 1 is 1.38 bits per heavy atom. The quantitative estimate of drug-likeness (QED) is 0.571. The fourth-order valence-corrected chi connectivity index (χ4v) is 1.05. The smallest absolute Gasteiger partial charge is 0.351 e. The maximum atomic E-state index is 11.3. The first-order chi connectivity index (χ1) is 7.41. The Kier molecular flexibility index (Phi) is 3.24. The lowest BCUT2D eigenvalue weighted by atomic mass is 10.1. The van der Waals surface area contributed by atoms with Gasteiger partial charge in [-0.25, -0.2) is 9.59 Å². The summed E-state index contributed by atoms with van der Waals surface area (Å²) in [5.41, 5.74) is -1.58. The van der Waals surface area contributed by atoms with Crippen LogP contribution in [0.15, 0.2) is 27.4 Å². The predicted molar refractivity (Wildman–Crippen MR) is 52.5 cm³/mol. The molecule has 0 amide bonds. The highest BCUT2D eigenvalue weighted by molar-refractivity contribution is 6.08. The predicted octanol–water partition coefficient (Wildman–Crippen LogP) is 0.477. The molecule has 1 aromatic rings. The van der Waals surface area contributed by atoms with Gasteiger partial charge in [-0.15, -0.1) is 0 Å². The first-order valence-corrected chi connectivity index (χ1v) is 4.21. The summed E-state index contributed by atoms with van der Waals surface area (Å²) in [6.07, 6.45) is 1.24. The molecule has 0 aliphatic rings. The minimum atomic E-state index is -1.33. The van der Waals surface area contributed by atoms with E-state index in [4.69, 9.17) is 5.11 Å². The van der Waals surface area contributed by atoms with E-state index in [0.717, 1.165) is 6.07 Å². The van der Waals surface area contributed by atoms with E-state index in [2.05, 4.69) is 4.42 Å². The van der Waals surface area contributed by atoms with Crippen molar-refractivity contribution in [3.63, 3.8) is 0 Å². The molecule has 0 aliphatic carbocycles. The lowest BCUT2D eigenvalue weighted by molar-refractivity contribution is -0.131. The third-order valence-electron chi connectivity index (χ3n) is 1.68. The summed E-state index contributed by atoms with van der Waals surface area (Å²) >= 11 is 0.